The van der Waals surface area contributed by atoms with Gasteiger partial charge in [-0.05, 0) is 49.7 Å². The van der Waals surface area contributed by atoms with Gasteiger partial charge in [-0.1, -0.05) is 23.7 Å². The fourth-order valence-electron chi connectivity index (χ4n) is 3.06. The van der Waals surface area contributed by atoms with Crippen LogP contribution in [-0.2, 0) is 4.79 Å². The van der Waals surface area contributed by atoms with E-state index in [1.165, 1.54) is 0 Å². The Bertz CT molecular complexity index is 952. The molecule has 0 amide bonds. The molecular weight excluding hydrogens is 364 g/mol. The molecule has 0 aliphatic heterocycles. The Hall–Kier alpha value is -2.79. The fourth-order valence-corrected chi connectivity index (χ4v) is 3.24. The average molecular weight is 385 g/mol. The Balaban J connectivity index is 1.96. The standard InChI is InChI=1S/C21H21ClN2O3/c1-13(25)9-18(19-12-23-24-14(19)2)15-7-8-20(21(10-15)26-3)27-17-6-4-5-16(22)11-17/h4-8,10-12,18H,9H2,1-3H3,(H,23,24). The summed E-state index contributed by atoms with van der Waals surface area (Å²) in [6.07, 6.45) is 2.23. The number of ketones is 1. The summed E-state index contributed by atoms with van der Waals surface area (Å²) >= 11 is 6.02. The van der Waals surface area contributed by atoms with Crippen molar-refractivity contribution in [2.24, 2.45) is 0 Å². The highest BCUT2D eigenvalue weighted by molar-refractivity contribution is 6.30. The molecule has 27 heavy (non-hydrogen) atoms. The lowest BCUT2D eigenvalue weighted by atomic mass is 9.87. The minimum Gasteiger partial charge on any atom is -0.493 e. The molecule has 0 aliphatic carbocycles. The number of H-pyrrole nitrogens is 1. The zero-order valence-corrected chi connectivity index (χ0v) is 16.2. The quantitative estimate of drug-likeness (QED) is 0.601. The van der Waals surface area contributed by atoms with E-state index >= 15 is 0 Å². The van der Waals surface area contributed by atoms with Crippen molar-refractivity contribution in [1.29, 1.82) is 0 Å². The van der Waals surface area contributed by atoms with Crippen LogP contribution in [-0.4, -0.2) is 23.1 Å². The van der Waals surface area contributed by atoms with E-state index in [-0.39, 0.29) is 11.7 Å². The fraction of sp³-hybridized carbons (Fsp3) is 0.238. The molecule has 6 heteroatoms. The van der Waals surface area contributed by atoms with Gasteiger partial charge in [-0.15, -0.1) is 0 Å². The van der Waals surface area contributed by atoms with Gasteiger partial charge < -0.3 is 9.47 Å². The molecular formula is C21H21ClN2O3. The number of carbonyl (C=O) groups excluding carboxylic acids is 1. The van der Waals surface area contributed by atoms with Crippen LogP contribution in [0.15, 0.2) is 48.7 Å². The number of methoxy groups -OCH3 is 1. The van der Waals surface area contributed by atoms with Crippen molar-refractivity contribution < 1.29 is 14.3 Å². The number of nitrogens with zero attached hydrogens (tertiary/aromatic N) is 1. The molecule has 0 saturated carbocycles. The predicted molar refractivity (Wildman–Crippen MR) is 105 cm³/mol. The van der Waals surface area contributed by atoms with Crippen LogP contribution in [0.1, 0.15) is 36.1 Å². The van der Waals surface area contributed by atoms with Crippen molar-refractivity contribution in [3.05, 3.63) is 70.5 Å². The van der Waals surface area contributed by atoms with Crippen molar-refractivity contribution in [2.75, 3.05) is 7.11 Å². The number of aromatic nitrogens is 2. The maximum Gasteiger partial charge on any atom is 0.169 e. The van der Waals surface area contributed by atoms with Gasteiger partial charge >= 0.3 is 0 Å². The minimum atomic E-state index is -0.102. The molecule has 3 aromatic rings. The lowest BCUT2D eigenvalue weighted by molar-refractivity contribution is -0.117. The van der Waals surface area contributed by atoms with Crippen molar-refractivity contribution >= 4 is 17.4 Å². The maximum atomic E-state index is 11.8. The van der Waals surface area contributed by atoms with Gasteiger partial charge in [0.25, 0.3) is 0 Å². The van der Waals surface area contributed by atoms with Crippen LogP contribution in [0.2, 0.25) is 5.02 Å². The number of aryl methyl sites for hydroxylation is 1. The van der Waals surface area contributed by atoms with Gasteiger partial charge in [-0.3, -0.25) is 9.89 Å². The Morgan fingerprint density at radius 1 is 1.22 bits per heavy atom. The lowest BCUT2D eigenvalue weighted by Crippen LogP contribution is -2.07. The van der Waals surface area contributed by atoms with Crippen LogP contribution in [0.5, 0.6) is 17.2 Å². The SMILES string of the molecule is COc1cc(C(CC(C)=O)c2c[nH]nc2C)ccc1Oc1cccc(Cl)c1. The number of Topliss-reactive ketones (excluding diaryl/α,β-unsaturated/α-hetero) is 1. The first kappa shape index (κ1) is 19.0. The molecule has 1 aromatic heterocycles. The molecule has 5 nitrogen and oxygen atoms in total. The number of nitrogens with one attached hydrogen (secondary N) is 1. The number of hydrogen-bond donors (Lipinski definition) is 1. The van der Waals surface area contributed by atoms with Crippen LogP contribution in [0.3, 0.4) is 0 Å². The van der Waals surface area contributed by atoms with Crippen molar-refractivity contribution in [1.82, 2.24) is 10.2 Å². The van der Waals surface area contributed by atoms with Crippen LogP contribution in [0.4, 0.5) is 0 Å². The molecule has 1 unspecified atom stereocenters. The highest BCUT2D eigenvalue weighted by Gasteiger charge is 2.21. The maximum absolute atomic E-state index is 11.8. The number of hydrogen-bond acceptors (Lipinski definition) is 4. The van der Waals surface area contributed by atoms with Gasteiger partial charge in [0.2, 0.25) is 0 Å². The molecule has 1 N–H and O–H groups in total. The van der Waals surface area contributed by atoms with Crippen LogP contribution in [0, 0.1) is 6.92 Å². The number of aromatic amines is 1. The summed E-state index contributed by atoms with van der Waals surface area (Å²) in [7, 11) is 1.59. The Morgan fingerprint density at radius 3 is 2.67 bits per heavy atom. The van der Waals surface area contributed by atoms with E-state index in [1.807, 2.05) is 43.5 Å². The van der Waals surface area contributed by atoms with Crippen LogP contribution < -0.4 is 9.47 Å². The normalized spacial score (nSPS) is 11.9. The van der Waals surface area contributed by atoms with Crippen molar-refractivity contribution in [3.8, 4) is 17.2 Å². The minimum absolute atomic E-state index is 0.102. The molecule has 0 spiro atoms. The molecule has 2 aromatic carbocycles. The summed E-state index contributed by atoms with van der Waals surface area (Å²) in [5, 5.41) is 7.66. The number of carbonyl (C=O) groups is 1. The first-order chi connectivity index (χ1) is 13.0. The second-order valence-corrected chi connectivity index (χ2v) is 6.79. The highest BCUT2D eigenvalue weighted by Crippen LogP contribution is 2.38. The van der Waals surface area contributed by atoms with E-state index in [9.17, 15) is 4.79 Å². The van der Waals surface area contributed by atoms with Gasteiger partial charge in [0, 0.05) is 29.1 Å². The predicted octanol–water partition coefficient (Wildman–Crippen LogP) is 5.28. The third-order valence-electron chi connectivity index (χ3n) is 4.35. The highest BCUT2D eigenvalue weighted by atomic mass is 35.5. The zero-order valence-electron chi connectivity index (χ0n) is 15.5. The van der Waals surface area contributed by atoms with Crippen molar-refractivity contribution in [3.63, 3.8) is 0 Å². The molecule has 3 rings (SSSR count). The smallest absolute Gasteiger partial charge is 0.169 e. The average Bonchev–Trinajstić information content (AvgIpc) is 3.06. The summed E-state index contributed by atoms with van der Waals surface area (Å²) < 4.78 is 11.4. The van der Waals surface area contributed by atoms with E-state index < -0.39 is 0 Å². The summed E-state index contributed by atoms with van der Waals surface area (Å²) in [6.45, 7) is 3.52. The van der Waals surface area contributed by atoms with E-state index in [1.54, 1.807) is 26.2 Å². The topological polar surface area (TPSA) is 64.2 Å². The van der Waals surface area contributed by atoms with Gasteiger partial charge in [0.05, 0.1) is 12.8 Å². The zero-order chi connectivity index (χ0) is 19.4. The van der Waals surface area contributed by atoms with Crippen LogP contribution in [0.25, 0.3) is 0 Å². The summed E-state index contributed by atoms with van der Waals surface area (Å²) in [5.41, 5.74) is 2.83. The van der Waals surface area contributed by atoms with Gasteiger partial charge in [0.1, 0.15) is 11.5 Å². The lowest BCUT2D eigenvalue weighted by Gasteiger charge is -2.18. The molecule has 0 saturated heterocycles. The number of halogens is 1. The van der Waals surface area contributed by atoms with E-state index in [4.69, 9.17) is 21.1 Å². The molecule has 0 bridgehead atoms. The number of benzene rings is 2. The molecule has 1 heterocycles. The Labute approximate surface area is 163 Å². The largest absolute Gasteiger partial charge is 0.493 e. The van der Waals surface area contributed by atoms with Crippen LogP contribution >= 0.6 is 11.6 Å². The second kappa shape index (κ2) is 8.27. The molecule has 0 aliphatic rings. The third kappa shape index (κ3) is 4.49. The number of rotatable bonds is 7. The van der Waals surface area contributed by atoms with Gasteiger partial charge in [-0.25, -0.2) is 0 Å². The van der Waals surface area contributed by atoms with E-state index in [0.717, 1.165) is 16.8 Å². The second-order valence-electron chi connectivity index (χ2n) is 6.35. The monoisotopic (exact) mass is 384 g/mol. The molecule has 0 radical (unpaired) electrons. The summed E-state index contributed by atoms with van der Waals surface area (Å²) in [4.78, 5) is 11.8. The summed E-state index contributed by atoms with van der Waals surface area (Å²) in [5.74, 6) is 1.80. The van der Waals surface area contributed by atoms with Gasteiger partial charge in [0.15, 0.2) is 11.5 Å². The third-order valence-corrected chi connectivity index (χ3v) is 4.59. The molecule has 140 valence electrons. The van der Waals surface area contributed by atoms with E-state index in [2.05, 4.69) is 10.2 Å². The first-order valence-corrected chi connectivity index (χ1v) is 8.96. The Morgan fingerprint density at radius 2 is 2.04 bits per heavy atom. The molecule has 0 fully saturated rings. The summed E-state index contributed by atoms with van der Waals surface area (Å²) in [6, 6.07) is 12.9. The van der Waals surface area contributed by atoms with Gasteiger partial charge in [-0.2, -0.15) is 5.10 Å². The van der Waals surface area contributed by atoms with Crippen molar-refractivity contribution in [2.45, 2.75) is 26.2 Å². The molecule has 1 atom stereocenters. The Kier molecular flexibility index (Phi) is 5.81. The van der Waals surface area contributed by atoms with E-state index in [0.29, 0.717) is 28.7 Å². The number of ether oxygens (including phenoxy) is 2. The first-order valence-electron chi connectivity index (χ1n) is 8.59.